The summed E-state index contributed by atoms with van der Waals surface area (Å²) in [5.74, 6) is 5.66. The molecule has 98 valence electrons. The maximum atomic E-state index is 11.4. The molecule has 0 saturated carbocycles. The van der Waals surface area contributed by atoms with Crippen LogP contribution in [0.5, 0.6) is 0 Å². The second-order valence-corrected chi connectivity index (χ2v) is 5.21. The summed E-state index contributed by atoms with van der Waals surface area (Å²) in [6, 6.07) is 8.60. The summed E-state index contributed by atoms with van der Waals surface area (Å²) >= 11 is 0. The van der Waals surface area contributed by atoms with Gasteiger partial charge in [-0.25, -0.2) is 5.84 Å². The van der Waals surface area contributed by atoms with E-state index in [1.165, 1.54) is 11.3 Å². The van der Waals surface area contributed by atoms with Crippen LogP contribution in [0.4, 0.5) is 5.69 Å². The number of fused-ring (bicyclic) bond motifs is 1. The average Bonchev–Trinajstić information content (AvgIpc) is 2.37. The molecule has 0 saturated heterocycles. The lowest BCUT2D eigenvalue weighted by atomic mass is 9.92. The summed E-state index contributed by atoms with van der Waals surface area (Å²) in [4.78, 5) is 13.7. The van der Waals surface area contributed by atoms with Gasteiger partial charge in [-0.05, 0) is 30.9 Å². The fraction of sp³-hybridized carbons (Fsp3) is 0.500. The number of benzene rings is 1. The number of carbonyl (C=O) groups excluding carboxylic acids is 1. The number of amides is 1. The van der Waals surface area contributed by atoms with E-state index in [0.29, 0.717) is 12.3 Å². The number of anilines is 1. The van der Waals surface area contributed by atoms with E-state index >= 15 is 0 Å². The first-order chi connectivity index (χ1) is 8.61. The monoisotopic (exact) mass is 247 g/mol. The Morgan fingerprint density at radius 3 is 3.00 bits per heavy atom. The van der Waals surface area contributed by atoms with Crippen LogP contribution in [0.1, 0.15) is 25.8 Å². The molecule has 1 aromatic rings. The molecule has 3 N–H and O–H groups in total. The van der Waals surface area contributed by atoms with Gasteiger partial charge in [-0.1, -0.05) is 25.1 Å². The number of rotatable bonds is 3. The molecule has 2 unspecified atom stereocenters. The van der Waals surface area contributed by atoms with Crippen molar-refractivity contribution in [2.75, 3.05) is 11.4 Å². The number of carbonyl (C=O) groups is 1. The highest BCUT2D eigenvalue weighted by atomic mass is 16.2. The van der Waals surface area contributed by atoms with Gasteiger partial charge in [0.15, 0.2) is 0 Å². The van der Waals surface area contributed by atoms with Crippen molar-refractivity contribution >= 4 is 11.6 Å². The van der Waals surface area contributed by atoms with Crippen molar-refractivity contribution in [1.29, 1.82) is 0 Å². The Morgan fingerprint density at radius 2 is 2.28 bits per heavy atom. The second kappa shape index (κ2) is 5.40. The number of nitrogens with two attached hydrogens (primary N) is 1. The number of hydrogen-bond acceptors (Lipinski definition) is 3. The first-order valence-electron chi connectivity index (χ1n) is 6.45. The fourth-order valence-electron chi connectivity index (χ4n) is 2.69. The van der Waals surface area contributed by atoms with E-state index in [0.717, 1.165) is 13.0 Å². The quantitative estimate of drug-likeness (QED) is 0.483. The van der Waals surface area contributed by atoms with Crippen molar-refractivity contribution in [3.63, 3.8) is 0 Å². The maximum absolute atomic E-state index is 11.4. The van der Waals surface area contributed by atoms with Gasteiger partial charge in [-0.2, -0.15) is 0 Å². The molecule has 2 atom stereocenters. The molecule has 1 amide bonds. The number of hydrazine groups is 1. The minimum absolute atomic E-state index is 0.113. The van der Waals surface area contributed by atoms with Crippen molar-refractivity contribution in [3.05, 3.63) is 29.8 Å². The van der Waals surface area contributed by atoms with Crippen molar-refractivity contribution in [1.82, 2.24) is 5.43 Å². The average molecular weight is 247 g/mol. The van der Waals surface area contributed by atoms with Gasteiger partial charge in [-0.3, -0.25) is 10.2 Å². The van der Waals surface area contributed by atoms with Crippen LogP contribution in [0.15, 0.2) is 24.3 Å². The van der Waals surface area contributed by atoms with E-state index in [1.54, 1.807) is 0 Å². The maximum Gasteiger partial charge on any atom is 0.235 e. The Balaban J connectivity index is 2.20. The molecule has 1 heterocycles. The SMILES string of the molecule is CC1Cc2ccccc2N(C(C)CC(=O)NN)C1. The minimum Gasteiger partial charge on any atom is -0.368 e. The number of para-hydroxylation sites is 1. The number of hydrogen-bond donors (Lipinski definition) is 2. The van der Waals surface area contributed by atoms with E-state index in [1.807, 2.05) is 0 Å². The smallest absolute Gasteiger partial charge is 0.235 e. The first kappa shape index (κ1) is 12.9. The van der Waals surface area contributed by atoms with Gasteiger partial charge < -0.3 is 4.90 Å². The standard InChI is InChI=1S/C14H21N3O/c1-10-7-12-5-3-4-6-13(12)17(9-10)11(2)8-14(18)16-15/h3-6,10-11H,7-9,15H2,1-2H3,(H,16,18). The molecule has 4 nitrogen and oxygen atoms in total. The summed E-state index contributed by atoms with van der Waals surface area (Å²) in [7, 11) is 0. The molecule has 0 bridgehead atoms. The van der Waals surface area contributed by atoms with Crippen molar-refractivity contribution in [2.45, 2.75) is 32.7 Å². The topological polar surface area (TPSA) is 58.4 Å². The van der Waals surface area contributed by atoms with Crippen molar-refractivity contribution in [3.8, 4) is 0 Å². The molecule has 18 heavy (non-hydrogen) atoms. The summed E-state index contributed by atoms with van der Waals surface area (Å²) in [6.07, 6.45) is 1.54. The Bertz CT molecular complexity index is 433. The predicted octanol–water partition coefficient (Wildman–Crippen LogP) is 1.45. The van der Waals surface area contributed by atoms with Gasteiger partial charge in [0.2, 0.25) is 5.91 Å². The highest BCUT2D eigenvalue weighted by Crippen LogP contribution is 2.31. The highest BCUT2D eigenvalue weighted by molar-refractivity contribution is 5.76. The molecule has 0 radical (unpaired) electrons. The lowest BCUT2D eigenvalue weighted by Crippen LogP contribution is -2.44. The summed E-state index contributed by atoms with van der Waals surface area (Å²) in [6.45, 7) is 5.32. The Kier molecular flexibility index (Phi) is 3.87. The van der Waals surface area contributed by atoms with Crippen LogP contribution >= 0.6 is 0 Å². The Morgan fingerprint density at radius 1 is 1.56 bits per heavy atom. The molecule has 1 aliphatic heterocycles. The van der Waals surface area contributed by atoms with Crippen LogP contribution in [-0.2, 0) is 11.2 Å². The van der Waals surface area contributed by atoms with Gasteiger partial charge in [0.25, 0.3) is 0 Å². The number of nitrogens with zero attached hydrogens (tertiary/aromatic N) is 1. The van der Waals surface area contributed by atoms with Crippen LogP contribution < -0.4 is 16.2 Å². The lowest BCUT2D eigenvalue weighted by Gasteiger charge is -2.38. The van der Waals surface area contributed by atoms with Crippen LogP contribution in [0.3, 0.4) is 0 Å². The van der Waals surface area contributed by atoms with Gasteiger partial charge in [0, 0.05) is 24.7 Å². The molecular weight excluding hydrogens is 226 g/mol. The summed E-state index contributed by atoms with van der Waals surface area (Å²) < 4.78 is 0. The molecule has 1 aromatic carbocycles. The molecule has 0 fully saturated rings. The van der Waals surface area contributed by atoms with Gasteiger partial charge in [-0.15, -0.1) is 0 Å². The van der Waals surface area contributed by atoms with Gasteiger partial charge >= 0.3 is 0 Å². The molecule has 0 spiro atoms. The molecular formula is C14H21N3O. The van der Waals surface area contributed by atoms with Crippen molar-refractivity contribution in [2.24, 2.45) is 11.8 Å². The van der Waals surface area contributed by atoms with E-state index in [-0.39, 0.29) is 11.9 Å². The Labute approximate surface area is 108 Å². The van der Waals surface area contributed by atoms with Crippen molar-refractivity contribution < 1.29 is 4.79 Å². The first-order valence-corrected chi connectivity index (χ1v) is 6.45. The fourth-order valence-corrected chi connectivity index (χ4v) is 2.69. The largest absolute Gasteiger partial charge is 0.368 e. The zero-order valence-electron chi connectivity index (χ0n) is 11.0. The van der Waals surface area contributed by atoms with Crippen LogP contribution in [0, 0.1) is 5.92 Å². The van der Waals surface area contributed by atoms with Crippen LogP contribution in [-0.4, -0.2) is 18.5 Å². The van der Waals surface area contributed by atoms with Gasteiger partial charge in [0.05, 0.1) is 0 Å². The third-order valence-electron chi connectivity index (χ3n) is 3.55. The molecule has 0 aliphatic carbocycles. The normalized spacial score (nSPS) is 20.2. The summed E-state index contributed by atoms with van der Waals surface area (Å²) in [5.41, 5.74) is 4.83. The third kappa shape index (κ3) is 2.64. The Hall–Kier alpha value is -1.55. The van der Waals surface area contributed by atoms with E-state index in [2.05, 4.69) is 48.4 Å². The van der Waals surface area contributed by atoms with Crippen LogP contribution in [0.2, 0.25) is 0 Å². The van der Waals surface area contributed by atoms with E-state index < -0.39 is 0 Å². The molecule has 4 heteroatoms. The predicted molar refractivity (Wildman–Crippen MR) is 73.1 cm³/mol. The third-order valence-corrected chi connectivity index (χ3v) is 3.55. The van der Waals surface area contributed by atoms with Crippen LogP contribution in [0.25, 0.3) is 0 Å². The minimum atomic E-state index is -0.113. The zero-order valence-corrected chi connectivity index (χ0v) is 11.0. The highest BCUT2D eigenvalue weighted by Gasteiger charge is 2.25. The second-order valence-electron chi connectivity index (χ2n) is 5.21. The molecule has 2 rings (SSSR count). The van der Waals surface area contributed by atoms with E-state index in [4.69, 9.17) is 5.84 Å². The van der Waals surface area contributed by atoms with E-state index in [9.17, 15) is 4.79 Å². The molecule has 0 aromatic heterocycles. The lowest BCUT2D eigenvalue weighted by molar-refractivity contribution is -0.121. The molecule has 1 aliphatic rings. The summed E-state index contributed by atoms with van der Waals surface area (Å²) in [5, 5.41) is 0. The number of nitrogens with one attached hydrogen (secondary N) is 1. The van der Waals surface area contributed by atoms with Gasteiger partial charge in [0.1, 0.15) is 0 Å². The zero-order chi connectivity index (χ0) is 13.1.